The van der Waals surface area contributed by atoms with Crippen molar-refractivity contribution in [2.75, 3.05) is 0 Å². The number of hydrogen-bond donors (Lipinski definition) is 0. The average Bonchev–Trinajstić information content (AvgIpc) is 3.85. The summed E-state index contributed by atoms with van der Waals surface area (Å²) >= 11 is 0. The molecule has 0 unspecified atom stereocenters. The number of aromatic nitrogens is 3. The van der Waals surface area contributed by atoms with Crippen LogP contribution in [0.1, 0.15) is 11.4 Å². The van der Waals surface area contributed by atoms with Crippen molar-refractivity contribution in [3.05, 3.63) is 187 Å². The first-order valence-corrected chi connectivity index (χ1v) is 19.2. The molecule has 0 saturated heterocycles. The summed E-state index contributed by atoms with van der Waals surface area (Å²) < 4.78 is 12.8. The summed E-state index contributed by atoms with van der Waals surface area (Å²) in [6, 6.07) is 61.4. The molecule has 0 aliphatic heterocycles. The van der Waals surface area contributed by atoms with Gasteiger partial charge in [0.1, 0.15) is 28.2 Å². The Morgan fingerprint density at radius 2 is 0.877 bits per heavy atom. The quantitative estimate of drug-likeness (QED) is 0.165. The van der Waals surface area contributed by atoms with Crippen molar-refractivity contribution in [1.82, 2.24) is 15.0 Å². The van der Waals surface area contributed by atoms with E-state index in [1.54, 1.807) is 0 Å². The van der Waals surface area contributed by atoms with E-state index in [2.05, 4.69) is 109 Å². The first kappa shape index (κ1) is 31.7. The Bertz CT molecular complexity index is 3530. The Balaban J connectivity index is 1.01. The number of hydrogen-bond acceptors (Lipinski definition) is 5. The molecule has 0 spiro atoms. The summed E-state index contributed by atoms with van der Waals surface area (Å²) in [6.45, 7) is 0. The van der Waals surface area contributed by atoms with Crippen LogP contribution in [0.15, 0.2) is 185 Å². The maximum Gasteiger partial charge on any atom is 0.164 e. The first-order valence-electron chi connectivity index (χ1n) is 19.2. The first-order chi connectivity index (χ1) is 28.2. The molecular weight excluding hydrogens is 699 g/mol. The van der Waals surface area contributed by atoms with Crippen LogP contribution in [-0.4, -0.2) is 15.0 Å². The lowest BCUT2D eigenvalue weighted by Gasteiger charge is -2.12. The highest BCUT2D eigenvalue weighted by Gasteiger charge is 2.19. The molecule has 0 bridgehead atoms. The smallest absolute Gasteiger partial charge is 0.164 e. The molecule has 3 heterocycles. The highest BCUT2D eigenvalue weighted by atomic mass is 16.3. The van der Waals surface area contributed by atoms with Crippen molar-refractivity contribution >= 4 is 76.2 Å². The van der Waals surface area contributed by atoms with Crippen LogP contribution in [0.5, 0.6) is 0 Å². The molecule has 0 fully saturated rings. The van der Waals surface area contributed by atoms with E-state index in [1.807, 2.05) is 66.7 Å². The number of fused-ring (bicyclic) bond motifs is 12. The highest BCUT2D eigenvalue weighted by Crippen LogP contribution is 2.40. The maximum absolute atomic E-state index is 6.50. The Morgan fingerprint density at radius 3 is 1.63 bits per heavy atom. The van der Waals surface area contributed by atoms with E-state index in [0.717, 1.165) is 71.7 Å². The second-order valence-corrected chi connectivity index (χ2v) is 14.7. The summed E-state index contributed by atoms with van der Waals surface area (Å²) in [5.41, 5.74) is 8.53. The van der Waals surface area contributed by atoms with Crippen LogP contribution in [0, 0.1) is 0 Å². The van der Waals surface area contributed by atoms with Gasteiger partial charge < -0.3 is 8.83 Å². The van der Waals surface area contributed by atoms with E-state index in [0.29, 0.717) is 23.9 Å². The van der Waals surface area contributed by atoms with Crippen LogP contribution in [0.25, 0.3) is 110 Å². The number of benzene rings is 9. The fourth-order valence-electron chi connectivity index (χ4n) is 8.78. The van der Waals surface area contributed by atoms with Gasteiger partial charge in [-0.15, -0.1) is 0 Å². The standard InChI is InChI=1S/C52H31N3O2/c1-2-12-31(13-3-1)51-53-48(54-52(55-51)41-20-11-23-47-50(41)40-19-8-9-21-44(40)56-47)30-34-14-10-22-46-49(34)43-29-33(25-27-45(43)57-46)32-24-26-39-37-17-5-4-15-35(37)36-16-6-7-18-38(36)42(39)28-32/h1-29H,30H2. The molecule has 0 N–H and O–H groups in total. The summed E-state index contributed by atoms with van der Waals surface area (Å²) in [4.78, 5) is 15.3. The zero-order chi connectivity index (χ0) is 37.5. The van der Waals surface area contributed by atoms with Gasteiger partial charge in [-0.05, 0) is 85.4 Å². The van der Waals surface area contributed by atoms with E-state index in [1.165, 1.54) is 32.3 Å². The molecule has 0 aliphatic carbocycles. The summed E-state index contributed by atoms with van der Waals surface area (Å²) in [6.07, 6.45) is 0.489. The third-order valence-corrected chi connectivity index (χ3v) is 11.4. The van der Waals surface area contributed by atoms with Gasteiger partial charge in [-0.3, -0.25) is 0 Å². The molecule has 0 radical (unpaired) electrons. The Morgan fingerprint density at radius 1 is 0.333 bits per heavy atom. The summed E-state index contributed by atoms with van der Waals surface area (Å²) in [7, 11) is 0. The fraction of sp³-hybridized carbons (Fsp3) is 0.0192. The zero-order valence-electron chi connectivity index (χ0n) is 30.6. The minimum Gasteiger partial charge on any atom is -0.456 e. The second kappa shape index (κ2) is 12.4. The molecule has 12 rings (SSSR count). The monoisotopic (exact) mass is 729 g/mol. The Hall–Kier alpha value is -7.63. The van der Waals surface area contributed by atoms with Gasteiger partial charge in [0.25, 0.3) is 0 Å². The maximum atomic E-state index is 6.50. The molecular formula is C52H31N3O2. The van der Waals surface area contributed by atoms with Gasteiger partial charge in [0.05, 0.1) is 0 Å². The molecule has 0 amide bonds. The highest BCUT2D eigenvalue weighted by molar-refractivity contribution is 6.26. The lowest BCUT2D eigenvalue weighted by molar-refractivity contribution is 0.668. The molecule has 57 heavy (non-hydrogen) atoms. The largest absolute Gasteiger partial charge is 0.456 e. The number of para-hydroxylation sites is 1. The lowest BCUT2D eigenvalue weighted by atomic mass is 9.92. The summed E-state index contributed by atoms with van der Waals surface area (Å²) in [5, 5.41) is 11.7. The van der Waals surface area contributed by atoms with Crippen molar-refractivity contribution in [2.45, 2.75) is 6.42 Å². The Kier molecular flexibility index (Phi) is 6.92. The van der Waals surface area contributed by atoms with Crippen molar-refractivity contribution in [1.29, 1.82) is 0 Å². The molecule has 0 atom stereocenters. The van der Waals surface area contributed by atoms with Gasteiger partial charge in [0.2, 0.25) is 0 Å². The van der Waals surface area contributed by atoms with Crippen molar-refractivity contribution in [3.63, 3.8) is 0 Å². The molecule has 0 saturated carbocycles. The Labute approximate surface area is 326 Å². The van der Waals surface area contributed by atoms with Gasteiger partial charge in [0, 0.05) is 39.1 Å². The normalized spacial score (nSPS) is 11.9. The van der Waals surface area contributed by atoms with Gasteiger partial charge in [-0.25, -0.2) is 15.0 Å². The SMILES string of the molecule is c1ccc(-c2nc(Cc3cccc4oc5ccc(-c6ccc7c8ccccc8c8ccccc8c7c6)cc5c34)nc(-c3cccc4oc5ccccc5c34)n2)cc1. The second-order valence-electron chi connectivity index (χ2n) is 14.7. The molecule has 12 aromatic rings. The van der Waals surface area contributed by atoms with Crippen molar-refractivity contribution < 1.29 is 8.83 Å². The third-order valence-electron chi connectivity index (χ3n) is 11.4. The molecule has 3 aromatic heterocycles. The molecule has 266 valence electrons. The van der Waals surface area contributed by atoms with E-state index in [4.69, 9.17) is 23.8 Å². The molecule has 5 nitrogen and oxygen atoms in total. The van der Waals surface area contributed by atoms with E-state index >= 15 is 0 Å². The van der Waals surface area contributed by atoms with Crippen molar-refractivity contribution in [3.8, 4) is 33.9 Å². The zero-order valence-corrected chi connectivity index (χ0v) is 30.6. The number of nitrogens with zero attached hydrogens (tertiary/aromatic N) is 3. The average molecular weight is 730 g/mol. The van der Waals surface area contributed by atoms with Gasteiger partial charge in [-0.1, -0.05) is 140 Å². The number of furan rings is 2. The lowest BCUT2D eigenvalue weighted by Crippen LogP contribution is -2.04. The van der Waals surface area contributed by atoms with Crippen LogP contribution in [-0.2, 0) is 6.42 Å². The minimum atomic E-state index is 0.489. The van der Waals surface area contributed by atoms with Crippen molar-refractivity contribution in [2.24, 2.45) is 0 Å². The predicted octanol–water partition coefficient (Wildman–Crippen LogP) is 13.7. The van der Waals surface area contributed by atoms with Crippen LogP contribution < -0.4 is 0 Å². The predicted molar refractivity (Wildman–Crippen MR) is 232 cm³/mol. The van der Waals surface area contributed by atoms with Gasteiger partial charge in [0.15, 0.2) is 11.6 Å². The molecule has 5 heteroatoms. The summed E-state index contributed by atoms with van der Waals surface area (Å²) in [5.74, 6) is 1.91. The van der Waals surface area contributed by atoms with E-state index < -0.39 is 0 Å². The fourth-order valence-corrected chi connectivity index (χ4v) is 8.78. The topological polar surface area (TPSA) is 65.0 Å². The third kappa shape index (κ3) is 5.06. The van der Waals surface area contributed by atoms with Crippen LogP contribution in [0.3, 0.4) is 0 Å². The van der Waals surface area contributed by atoms with E-state index in [-0.39, 0.29) is 0 Å². The van der Waals surface area contributed by atoms with E-state index in [9.17, 15) is 0 Å². The van der Waals surface area contributed by atoms with Crippen LogP contribution in [0.2, 0.25) is 0 Å². The minimum absolute atomic E-state index is 0.489. The van der Waals surface area contributed by atoms with Gasteiger partial charge in [-0.2, -0.15) is 0 Å². The van der Waals surface area contributed by atoms with Crippen LogP contribution in [0.4, 0.5) is 0 Å². The number of rotatable bonds is 5. The molecule has 9 aromatic carbocycles. The van der Waals surface area contributed by atoms with Crippen LogP contribution >= 0.6 is 0 Å². The van der Waals surface area contributed by atoms with Gasteiger partial charge >= 0.3 is 0 Å². The molecule has 0 aliphatic rings.